The largest absolute Gasteiger partial charge is 0.314 e. The summed E-state index contributed by atoms with van der Waals surface area (Å²) >= 11 is 0. The Morgan fingerprint density at radius 1 is 0.421 bits per heavy atom. The van der Waals surface area contributed by atoms with Crippen LogP contribution in [-0.4, -0.2) is 12.3 Å². The van der Waals surface area contributed by atoms with E-state index in [1.54, 1.807) is 0 Å². The average molecular weight is 797 g/mol. The molecule has 4 atom stereocenters. The molecule has 0 aliphatic carbocycles. The lowest BCUT2D eigenvalue weighted by Crippen LogP contribution is -2.28. The first-order valence-electron chi connectivity index (χ1n) is 19.7. The molecule has 0 saturated carbocycles. The maximum Gasteiger partial charge on any atom is 0.168 e. The van der Waals surface area contributed by atoms with Crippen LogP contribution in [0.3, 0.4) is 0 Å². The third-order valence-electron chi connectivity index (χ3n) is 13.0. The van der Waals surface area contributed by atoms with Gasteiger partial charge in [0.05, 0.1) is 0 Å². The Balaban J connectivity index is 1.38. The molecule has 6 aromatic rings. The lowest BCUT2D eigenvalue weighted by Gasteiger charge is -2.39. The molecule has 3 nitrogen and oxygen atoms in total. The van der Waals surface area contributed by atoms with E-state index in [0.717, 1.165) is 49.6 Å². The fourth-order valence-corrected chi connectivity index (χ4v) is 24.7. The standard InChI is InChI=1S/C51H43O3P3/c1-36-45(55(52)34-50(36,2)43(37-22-10-4-11-23-37)46(55)39-26-14-6-15-27-39)48-49(57(54,41-30-18-8-19-31-41)42-32-20-9-21-33-42)51(3)35-56(48,53)47(40-28-16-7-17-29-40)44(51)38-24-12-5-13-25-38/h4-33H,34-35H2,1-3H3. The maximum atomic E-state index is 17.2. The van der Waals surface area contributed by atoms with Gasteiger partial charge in [-0.3, -0.25) is 0 Å². The molecule has 57 heavy (non-hydrogen) atoms. The van der Waals surface area contributed by atoms with Crippen molar-refractivity contribution in [2.45, 2.75) is 20.8 Å². The smallest absolute Gasteiger partial charge is 0.168 e. The predicted octanol–water partition coefficient (Wildman–Crippen LogP) is 13.4. The van der Waals surface area contributed by atoms with Crippen LogP contribution in [0.25, 0.3) is 21.8 Å². The quantitative estimate of drug-likeness (QED) is 0.144. The van der Waals surface area contributed by atoms with Gasteiger partial charge < -0.3 is 13.7 Å². The van der Waals surface area contributed by atoms with E-state index in [9.17, 15) is 0 Å². The van der Waals surface area contributed by atoms with Gasteiger partial charge in [0.2, 0.25) is 0 Å². The topological polar surface area (TPSA) is 51.2 Å². The Bertz CT molecular complexity index is 2840. The number of rotatable bonds is 8. The fourth-order valence-electron chi connectivity index (χ4n) is 10.8. The minimum Gasteiger partial charge on any atom is -0.314 e. The molecule has 0 saturated heterocycles. The van der Waals surface area contributed by atoms with Gasteiger partial charge in [-0.15, -0.1) is 0 Å². The molecule has 0 spiro atoms. The van der Waals surface area contributed by atoms with Crippen molar-refractivity contribution in [3.63, 3.8) is 0 Å². The van der Waals surface area contributed by atoms with Crippen molar-refractivity contribution in [3.8, 4) is 0 Å². The summed E-state index contributed by atoms with van der Waals surface area (Å²) in [5, 5.41) is 5.00. The molecule has 0 aromatic heterocycles. The first kappa shape index (κ1) is 36.3. The molecule has 280 valence electrons. The van der Waals surface area contributed by atoms with Crippen molar-refractivity contribution in [2.75, 3.05) is 12.3 Å². The number of hydrogen-bond acceptors (Lipinski definition) is 3. The van der Waals surface area contributed by atoms with Crippen LogP contribution in [0.1, 0.15) is 43.0 Å². The third kappa shape index (κ3) is 4.96. The molecular weight excluding hydrogens is 753 g/mol. The maximum absolute atomic E-state index is 17.2. The van der Waals surface area contributed by atoms with Crippen LogP contribution in [0.15, 0.2) is 204 Å². The third-order valence-corrected chi connectivity index (χ3v) is 23.8. The van der Waals surface area contributed by atoms with Gasteiger partial charge in [-0.2, -0.15) is 0 Å². The molecule has 4 aliphatic rings. The van der Waals surface area contributed by atoms with E-state index < -0.39 is 32.3 Å². The average Bonchev–Trinajstić information content (AvgIpc) is 3.83. The lowest BCUT2D eigenvalue weighted by atomic mass is 9.73. The lowest BCUT2D eigenvalue weighted by molar-refractivity contribution is 0.571. The van der Waals surface area contributed by atoms with E-state index >= 15 is 13.7 Å². The predicted molar refractivity (Wildman–Crippen MR) is 240 cm³/mol. The summed E-state index contributed by atoms with van der Waals surface area (Å²) in [5.74, 6) is 0. The van der Waals surface area contributed by atoms with Gasteiger partial charge >= 0.3 is 0 Å². The first-order chi connectivity index (χ1) is 27.6. The number of hydrogen-bond donors (Lipinski definition) is 0. The zero-order valence-electron chi connectivity index (χ0n) is 32.3. The molecule has 10 rings (SSSR count). The van der Waals surface area contributed by atoms with Crippen molar-refractivity contribution in [1.82, 2.24) is 0 Å². The summed E-state index contributed by atoms with van der Waals surface area (Å²) in [5.41, 5.74) is 5.30. The molecule has 0 amide bonds. The summed E-state index contributed by atoms with van der Waals surface area (Å²) < 4.78 is 51.3. The Kier molecular flexibility index (Phi) is 8.28. The van der Waals surface area contributed by atoms with Crippen molar-refractivity contribution in [3.05, 3.63) is 226 Å². The summed E-state index contributed by atoms with van der Waals surface area (Å²) in [6.45, 7) is 6.51. The minimum absolute atomic E-state index is 0.284. The monoisotopic (exact) mass is 796 g/mol. The Hall–Kier alpha value is -5.03. The Labute approximate surface area is 335 Å². The van der Waals surface area contributed by atoms with Gasteiger partial charge in [0.1, 0.15) is 14.3 Å². The number of allylic oxidation sites excluding steroid dienone is 6. The molecular formula is C51H43O3P3. The number of benzene rings is 6. The highest BCUT2D eigenvalue weighted by Crippen LogP contribution is 2.94. The second-order valence-electron chi connectivity index (χ2n) is 16.3. The van der Waals surface area contributed by atoms with Gasteiger partial charge in [-0.05, 0) is 40.3 Å². The Morgan fingerprint density at radius 2 is 0.737 bits per heavy atom. The fraction of sp³-hybridized carbons (Fsp3) is 0.137. The highest BCUT2D eigenvalue weighted by Gasteiger charge is 2.69. The van der Waals surface area contributed by atoms with Crippen LogP contribution in [-0.2, 0) is 13.7 Å². The van der Waals surface area contributed by atoms with Crippen LogP contribution in [0.2, 0.25) is 0 Å². The molecule has 4 heterocycles. The molecule has 0 N–H and O–H groups in total. The normalized spacial score (nSPS) is 26.6. The Morgan fingerprint density at radius 3 is 1.14 bits per heavy atom. The van der Waals surface area contributed by atoms with Crippen molar-refractivity contribution < 1.29 is 13.7 Å². The van der Waals surface area contributed by atoms with Crippen LogP contribution >= 0.6 is 21.4 Å². The van der Waals surface area contributed by atoms with Gasteiger partial charge in [-0.25, -0.2) is 0 Å². The molecule has 6 aromatic carbocycles. The second-order valence-corrected chi connectivity index (χ2v) is 24.4. The highest BCUT2D eigenvalue weighted by atomic mass is 31.2. The van der Waals surface area contributed by atoms with E-state index in [4.69, 9.17) is 0 Å². The first-order valence-corrected chi connectivity index (χ1v) is 25.2. The van der Waals surface area contributed by atoms with Gasteiger partial charge in [0, 0.05) is 60.3 Å². The molecule has 4 bridgehead atoms. The van der Waals surface area contributed by atoms with E-state index in [1.165, 1.54) is 0 Å². The van der Waals surface area contributed by atoms with E-state index in [0.29, 0.717) is 32.7 Å². The van der Waals surface area contributed by atoms with Crippen molar-refractivity contribution >= 4 is 53.8 Å². The van der Waals surface area contributed by atoms with Gasteiger partial charge in [0.15, 0.2) is 7.14 Å². The SMILES string of the molecule is CC1=C(C2=C(P(=O)(c3ccccc3)c3ccccc3)C3(C)CP2(=O)C(c2ccccc2)=C3c2ccccc2)P2(=O)CC1(C)C(c1ccccc1)=C2c1ccccc1. The zero-order chi connectivity index (χ0) is 39.2. The molecule has 6 heteroatoms. The highest BCUT2D eigenvalue weighted by molar-refractivity contribution is 7.88. The van der Waals surface area contributed by atoms with Crippen molar-refractivity contribution in [1.29, 1.82) is 0 Å². The van der Waals surface area contributed by atoms with Crippen LogP contribution in [0, 0.1) is 10.8 Å². The van der Waals surface area contributed by atoms with Gasteiger partial charge in [-0.1, -0.05) is 201 Å². The van der Waals surface area contributed by atoms with E-state index in [-0.39, 0.29) is 6.16 Å². The molecule has 4 aliphatic heterocycles. The van der Waals surface area contributed by atoms with Crippen molar-refractivity contribution in [2.24, 2.45) is 10.8 Å². The molecule has 0 radical (unpaired) electrons. The summed E-state index contributed by atoms with van der Waals surface area (Å²) in [6, 6.07) is 60.4. The van der Waals surface area contributed by atoms with Crippen LogP contribution < -0.4 is 10.6 Å². The second kappa shape index (κ2) is 13.0. The molecule has 4 unspecified atom stereocenters. The van der Waals surface area contributed by atoms with Gasteiger partial charge in [0.25, 0.3) is 0 Å². The summed E-state index contributed by atoms with van der Waals surface area (Å²) in [4.78, 5) is 0. The molecule has 0 fully saturated rings. The summed E-state index contributed by atoms with van der Waals surface area (Å²) in [6.07, 6.45) is 0.687. The van der Waals surface area contributed by atoms with E-state index in [2.05, 4.69) is 69.3 Å². The van der Waals surface area contributed by atoms with Crippen LogP contribution in [0.4, 0.5) is 0 Å². The summed E-state index contributed by atoms with van der Waals surface area (Å²) in [7, 11) is -11.0. The minimum atomic E-state index is -3.77. The van der Waals surface area contributed by atoms with Crippen LogP contribution in [0.5, 0.6) is 0 Å². The zero-order valence-corrected chi connectivity index (χ0v) is 35.0. The van der Waals surface area contributed by atoms with E-state index in [1.807, 2.05) is 133 Å². The number of fused-ring (bicyclic) bond motifs is 4.